The molecule has 1 aromatic rings. The van der Waals surface area contributed by atoms with Crippen LogP contribution in [0, 0.1) is 6.92 Å². The number of benzene rings is 1. The first-order valence-corrected chi connectivity index (χ1v) is 4.83. The lowest BCUT2D eigenvalue weighted by molar-refractivity contribution is 0.160. The van der Waals surface area contributed by atoms with E-state index in [-0.39, 0.29) is 12.3 Å². The van der Waals surface area contributed by atoms with Crippen molar-refractivity contribution in [3.05, 3.63) is 21.7 Å². The van der Waals surface area contributed by atoms with Crippen LogP contribution in [-0.2, 0) is 6.54 Å². The Bertz CT molecular complexity index is 341. The fraction of sp³-hybridized carbons (Fsp3) is 0.333. The predicted octanol–water partition coefficient (Wildman–Crippen LogP) is 1.95. The number of ether oxygens (including phenoxy) is 1. The monoisotopic (exact) mass is 261 g/mol. The first-order chi connectivity index (χ1) is 6.61. The van der Waals surface area contributed by atoms with Crippen molar-refractivity contribution in [1.29, 1.82) is 0 Å². The molecule has 0 bridgehead atoms. The number of phenols is 1. The molecule has 0 heterocycles. The lowest BCUT2D eigenvalue weighted by Crippen LogP contribution is -2.07. The highest BCUT2D eigenvalue weighted by Gasteiger charge is 2.13. The Labute approximate surface area is 90.6 Å². The van der Waals surface area contributed by atoms with Crippen LogP contribution in [-0.4, -0.2) is 17.4 Å². The van der Waals surface area contributed by atoms with Gasteiger partial charge in [-0.05, 0) is 34.5 Å². The first-order valence-electron chi connectivity index (χ1n) is 4.03. The molecule has 0 fully saturated rings. The van der Waals surface area contributed by atoms with Gasteiger partial charge in [-0.15, -0.1) is 0 Å². The SMILES string of the molecule is COc1c(C)cc(CNO)c(O)c1Br. The van der Waals surface area contributed by atoms with Crippen LogP contribution in [0.15, 0.2) is 10.5 Å². The fourth-order valence-corrected chi connectivity index (χ4v) is 2.02. The summed E-state index contributed by atoms with van der Waals surface area (Å²) in [4.78, 5) is 0. The van der Waals surface area contributed by atoms with Crippen molar-refractivity contribution in [3.63, 3.8) is 0 Å². The van der Waals surface area contributed by atoms with Crippen LogP contribution >= 0.6 is 15.9 Å². The van der Waals surface area contributed by atoms with E-state index < -0.39 is 0 Å². The van der Waals surface area contributed by atoms with E-state index in [1.165, 1.54) is 7.11 Å². The topological polar surface area (TPSA) is 61.7 Å². The van der Waals surface area contributed by atoms with Crippen molar-refractivity contribution in [2.45, 2.75) is 13.5 Å². The largest absolute Gasteiger partial charge is 0.506 e. The molecule has 0 saturated carbocycles. The predicted molar refractivity (Wildman–Crippen MR) is 55.7 cm³/mol. The van der Waals surface area contributed by atoms with Gasteiger partial charge in [-0.25, -0.2) is 5.48 Å². The maximum Gasteiger partial charge on any atom is 0.139 e. The maximum atomic E-state index is 9.69. The van der Waals surface area contributed by atoms with Crippen LogP contribution in [0.2, 0.25) is 0 Å². The van der Waals surface area contributed by atoms with Crippen LogP contribution in [0.1, 0.15) is 11.1 Å². The van der Waals surface area contributed by atoms with E-state index in [1.54, 1.807) is 6.07 Å². The van der Waals surface area contributed by atoms with Crippen LogP contribution in [0.4, 0.5) is 0 Å². The fourth-order valence-electron chi connectivity index (χ4n) is 1.29. The Morgan fingerprint density at radius 1 is 1.57 bits per heavy atom. The second-order valence-corrected chi connectivity index (χ2v) is 3.68. The number of aromatic hydroxyl groups is 1. The molecule has 5 heteroatoms. The number of hydrogen-bond acceptors (Lipinski definition) is 4. The number of hydroxylamine groups is 1. The van der Waals surface area contributed by atoms with E-state index in [0.717, 1.165) is 5.56 Å². The number of nitrogens with one attached hydrogen (secondary N) is 1. The normalized spacial score (nSPS) is 10.3. The Morgan fingerprint density at radius 3 is 2.71 bits per heavy atom. The number of hydrogen-bond donors (Lipinski definition) is 3. The summed E-state index contributed by atoms with van der Waals surface area (Å²) in [5.74, 6) is 0.679. The van der Waals surface area contributed by atoms with Crippen LogP contribution < -0.4 is 10.2 Å². The molecule has 3 N–H and O–H groups in total. The zero-order chi connectivity index (χ0) is 10.7. The molecule has 4 nitrogen and oxygen atoms in total. The lowest BCUT2D eigenvalue weighted by atomic mass is 10.1. The molecule has 0 atom stereocenters. The number of rotatable bonds is 3. The van der Waals surface area contributed by atoms with Crippen molar-refractivity contribution >= 4 is 15.9 Å². The number of aryl methyl sites for hydroxylation is 1. The molecular formula is C9H12BrNO3. The van der Waals surface area contributed by atoms with Gasteiger partial charge in [-0.2, -0.15) is 0 Å². The summed E-state index contributed by atoms with van der Waals surface area (Å²) in [5, 5.41) is 18.2. The maximum absolute atomic E-state index is 9.69. The average molecular weight is 262 g/mol. The van der Waals surface area contributed by atoms with Gasteiger partial charge in [-0.3, -0.25) is 0 Å². The molecule has 0 saturated heterocycles. The molecule has 0 spiro atoms. The van der Waals surface area contributed by atoms with Gasteiger partial charge in [0.2, 0.25) is 0 Å². The summed E-state index contributed by atoms with van der Waals surface area (Å²) < 4.78 is 5.60. The highest BCUT2D eigenvalue weighted by atomic mass is 79.9. The standard InChI is InChI=1S/C9H12BrNO3/c1-5-3-6(4-11-13)8(12)7(10)9(5)14-2/h3,11-13H,4H2,1-2H3. The van der Waals surface area contributed by atoms with Gasteiger partial charge >= 0.3 is 0 Å². The Hall–Kier alpha value is -0.780. The summed E-state index contributed by atoms with van der Waals surface area (Å²) in [6.45, 7) is 2.05. The van der Waals surface area contributed by atoms with Gasteiger partial charge in [0.1, 0.15) is 16.0 Å². The molecular weight excluding hydrogens is 250 g/mol. The third-order valence-electron chi connectivity index (χ3n) is 1.93. The van der Waals surface area contributed by atoms with Gasteiger partial charge in [0.25, 0.3) is 0 Å². The quantitative estimate of drug-likeness (QED) is 0.728. The Balaban J connectivity index is 3.25. The van der Waals surface area contributed by atoms with E-state index >= 15 is 0 Å². The van der Waals surface area contributed by atoms with E-state index in [9.17, 15) is 5.11 Å². The zero-order valence-electron chi connectivity index (χ0n) is 7.97. The smallest absolute Gasteiger partial charge is 0.139 e. The van der Waals surface area contributed by atoms with Crippen molar-refractivity contribution in [2.75, 3.05) is 7.11 Å². The number of methoxy groups -OCH3 is 1. The Morgan fingerprint density at radius 2 is 2.21 bits per heavy atom. The molecule has 0 radical (unpaired) electrons. The molecule has 0 unspecified atom stereocenters. The van der Waals surface area contributed by atoms with Crippen LogP contribution in [0.25, 0.3) is 0 Å². The molecule has 0 aromatic heterocycles. The van der Waals surface area contributed by atoms with Crippen molar-refractivity contribution in [2.24, 2.45) is 0 Å². The first kappa shape index (κ1) is 11.3. The third-order valence-corrected chi connectivity index (χ3v) is 2.67. The summed E-state index contributed by atoms with van der Waals surface area (Å²) in [7, 11) is 1.54. The molecule has 0 aliphatic heterocycles. The van der Waals surface area contributed by atoms with Gasteiger partial charge in [-0.1, -0.05) is 0 Å². The Kier molecular flexibility index (Phi) is 3.74. The summed E-state index contributed by atoms with van der Waals surface area (Å²) in [6, 6.07) is 1.75. The van der Waals surface area contributed by atoms with E-state index in [0.29, 0.717) is 15.8 Å². The molecule has 0 aliphatic carbocycles. The van der Waals surface area contributed by atoms with E-state index in [1.807, 2.05) is 12.4 Å². The van der Waals surface area contributed by atoms with Gasteiger partial charge in [0, 0.05) is 12.1 Å². The second-order valence-electron chi connectivity index (χ2n) is 2.88. The lowest BCUT2D eigenvalue weighted by Gasteiger charge is -2.12. The van der Waals surface area contributed by atoms with E-state index in [4.69, 9.17) is 9.94 Å². The van der Waals surface area contributed by atoms with Crippen LogP contribution in [0.3, 0.4) is 0 Å². The zero-order valence-corrected chi connectivity index (χ0v) is 9.55. The minimum Gasteiger partial charge on any atom is -0.506 e. The highest BCUT2D eigenvalue weighted by Crippen LogP contribution is 2.38. The van der Waals surface area contributed by atoms with E-state index in [2.05, 4.69) is 15.9 Å². The number of phenolic OH excluding ortho intramolecular Hbond substituents is 1. The highest BCUT2D eigenvalue weighted by molar-refractivity contribution is 9.10. The van der Waals surface area contributed by atoms with Gasteiger partial charge in [0.15, 0.2) is 0 Å². The molecule has 1 rings (SSSR count). The molecule has 0 aliphatic rings. The van der Waals surface area contributed by atoms with Crippen molar-refractivity contribution in [3.8, 4) is 11.5 Å². The second kappa shape index (κ2) is 4.63. The molecule has 1 aromatic carbocycles. The van der Waals surface area contributed by atoms with Crippen LogP contribution in [0.5, 0.6) is 11.5 Å². The summed E-state index contributed by atoms with van der Waals surface area (Å²) >= 11 is 3.23. The molecule has 14 heavy (non-hydrogen) atoms. The van der Waals surface area contributed by atoms with Gasteiger partial charge < -0.3 is 15.1 Å². The molecule has 0 amide bonds. The average Bonchev–Trinajstić information content (AvgIpc) is 2.15. The van der Waals surface area contributed by atoms with Gasteiger partial charge in [0.05, 0.1) is 7.11 Å². The van der Waals surface area contributed by atoms with Crippen molar-refractivity contribution < 1.29 is 15.1 Å². The minimum absolute atomic E-state index is 0.0778. The number of halogens is 1. The minimum atomic E-state index is 0.0778. The summed E-state index contributed by atoms with van der Waals surface area (Å²) in [5.41, 5.74) is 3.50. The molecule has 78 valence electrons. The third kappa shape index (κ3) is 2.00. The summed E-state index contributed by atoms with van der Waals surface area (Å²) in [6.07, 6.45) is 0. The van der Waals surface area contributed by atoms with Crippen molar-refractivity contribution in [1.82, 2.24) is 5.48 Å².